The zero-order valence-corrected chi connectivity index (χ0v) is 18.3. The Balaban J connectivity index is 0. The first-order chi connectivity index (χ1) is 10.4. The molecule has 1 aliphatic rings. The van der Waals surface area contributed by atoms with Crippen molar-refractivity contribution >= 4 is 5.97 Å². The summed E-state index contributed by atoms with van der Waals surface area (Å²) in [4.78, 5) is 11.1. The number of ether oxygens (including phenoxy) is 1. The minimum absolute atomic E-state index is 0. The zero-order valence-electron chi connectivity index (χ0n) is 15.5. The molecule has 0 unspecified atom stereocenters. The molecule has 0 aliphatic carbocycles. The topological polar surface area (TPSA) is 58.6 Å². The molecule has 2 N–H and O–H groups in total. The molecule has 4 nitrogen and oxygen atoms in total. The van der Waals surface area contributed by atoms with Crippen LogP contribution in [-0.2, 0) is 42.2 Å². The van der Waals surface area contributed by atoms with Gasteiger partial charge in [-0.15, -0.1) is 6.04 Å². The second-order valence-electron chi connectivity index (χ2n) is 6.02. The third-order valence-corrected chi connectivity index (χ3v) is 3.85. The number of carboxylic acids is 1. The first-order valence-electron chi connectivity index (χ1n) is 8.14. The molecule has 0 aromatic rings. The molecule has 0 bridgehead atoms. The van der Waals surface area contributed by atoms with Crippen LogP contribution in [0.5, 0.6) is 0 Å². The van der Waals surface area contributed by atoms with Crippen molar-refractivity contribution in [3.8, 4) is 0 Å². The van der Waals surface area contributed by atoms with Crippen LogP contribution in [0.3, 0.4) is 0 Å². The average molecular weight is 400 g/mol. The average Bonchev–Trinajstić information content (AvgIpc) is 2.83. The summed E-state index contributed by atoms with van der Waals surface area (Å²) >= 11 is 0. The Morgan fingerprint density at radius 3 is 2.43 bits per heavy atom. The van der Waals surface area contributed by atoms with E-state index in [-0.39, 0.29) is 50.3 Å². The Morgan fingerprint density at radius 2 is 2.04 bits per heavy atom. The van der Waals surface area contributed by atoms with Crippen LogP contribution in [0, 0.1) is 18.8 Å². The fourth-order valence-electron chi connectivity index (χ4n) is 2.76. The second kappa shape index (κ2) is 13.5. The van der Waals surface area contributed by atoms with E-state index < -0.39 is 12.0 Å². The smallest absolute Gasteiger partial charge is 0.320 e. The molecule has 0 aromatic carbocycles. The van der Waals surface area contributed by atoms with E-state index in [0.717, 1.165) is 12.8 Å². The molecule has 1 radical (unpaired) electrons. The number of aliphatic carboxylic acids is 1. The first-order valence-corrected chi connectivity index (χ1v) is 8.14. The summed E-state index contributed by atoms with van der Waals surface area (Å²) < 4.78 is 5.60. The van der Waals surface area contributed by atoms with Gasteiger partial charge in [-0.3, -0.25) is 11.2 Å². The van der Waals surface area contributed by atoms with Crippen molar-refractivity contribution in [2.45, 2.75) is 71.6 Å². The number of carbonyl (C=O) groups is 1. The fraction of sp³-hybridized carbons (Fsp3) is 0.722. The molecule has 5 heteroatoms. The number of rotatable bonds is 7. The normalized spacial score (nSPS) is 26.1. The van der Waals surface area contributed by atoms with Gasteiger partial charge >= 0.3 is 5.97 Å². The van der Waals surface area contributed by atoms with Crippen LogP contribution in [0.25, 0.3) is 0 Å². The Bertz CT molecular complexity index is 349. The van der Waals surface area contributed by atoms with Crippen LogP contribution >= 0.6 is 0 Å². The van der Waals surface area contributed by atoms with Gasteiger partial charge in [-0.2, -0.15) is 13.8 Å². The van der Waals surface area contributed by atoms with Gasteiger partial charge in [0.25, 0.3) is 0 Å². The SMILES string of the molecule is C/C=C\[C@@H]1C[C@H](C(=O)O)N[C@H]1[CH-][C@](C)(CCC)OC.C[CH-]C.[Y]. The van der Waals surface area contributed by atoms with Crippen molar-refractivity contribution in [2.24, 2.45) is 5.92 Å². The van der Waals surface area contributed by atoms with E-state index in [9.17, 15) is 4.79 Å². The summed E-state index contributed by atoms with van der Waals surface area (Å²) in [6.45, 7) is 10.1. The Labute approximate surface area is 167 Å². The molecule has 23 heavy (non-hydrogen) atoms. The summed E-state index contributed by atoms with van der Waals surface area (Å²) in [6.07, 6.45) is 10.8. The van der Waals surface area contributed by atoms with Crippen LogP contribution in [0.15, 0.2) is 12.2 Å². The van der Waals surface area contributed by atoms with E-state index >= 15 is 0 Å². The van der Waals surface area contributed by atoms with Crippen molar-refractivity contribution in [1.82, 2.24) is 5.32 Å². The van der Waals surface area contributed by atoms with Gasteiger partial charge in [0.2, 0.25) is 0 Å². The maximum absolute atomic E-state index is 11.1. The molecule has 0 saturated carbocycles. The second-order valence-corrected chi connectivity index (χ2v) is 6.02. The molecule has 1 rings (SSSR count). The standard InChI is InChI=1S/C15H26NO3.C3H7.Y/c1-5-7-11-9-12(14(17)18)16-13(11)10-15(3,19-4)8-6-2;1-3-2;/h5,7,10-13,16H,6,8-9H2,1-4H3,(H,17,18);3H,1-2H3;/q2*-1;/b7-5-;;/t11-,12-,13+,15+;;/m1../s1. The summed E-state index contributed by atoms with van der Waals surface area (Å²) in [6, 6.07) is -0.418. The van der Waals surface area contributed by atoms with Gasteiger partial charge in [0.05, 0.1) is 0 Å². The summed E-state index contributed by atoms with van der Waals surface area (Å²) in [5.41, 5.74) is -0.306. The quantitative estimate of drug-likeness (QED) is 0.506. The van der Waals surface area contributed by atoms with Crippen LogP contribution in [0.2, 0.25) is 0 Å². The maximum Gasteiger partial charge on any atom is 0.320 e. The van der Waals surface area contributed by atoms with Gasteiger partial charge in [-0.1, -0.05) is 44.4 Å². The van der Waals surface area contributed by atoms with Crippen LogP contribution in [-0.4, -0.2) is 35.9 Å². The number of carboxylic acid groups (broad SMARTS) is 1. The Morgan fingerprint density at radius 1 is 1.48 bits per heavy atom. The third-order valence-electron chi connectivity index (χ3n) is 3.85. The third kappa shape index (κ3) is 9.33. The molecule has 4 atom stereocenters. The molecular weight excluding hydrogens is 367 g/mol. The summed E-state index contributed by atoms with van der Waals surface area (Å²) in [7, 11) is 1.71. The van der Waals surface area contributed by atoms with Crippen LogP contribution < -0.4 is 5.32 Å². The van der Waals surface area contributed by atoms with Crippen LogP contribution in [0.4, 0.5) is 0 Å². The molecule has 0 spiro atoms. The molecule has 133 valence electrons. The first kappa shape index (κ1) is 25.5. The molecule has 0 amide bonds. The van der Waals surface area contributed by atoms with Gasteiger partial charge in [0.1, 0.15) is 6.04 Å². The van der Waals surface area contributed by atoms with Gasteiger partial charge < -0.3 is 21.6 Å². The molecule has 0 aromatic heterocycles. The predicted octanol–water partition coefficient (Wildman–Crippen LogP) is 3.63. The summed E-state index contributed by atoms with van der Waals surface area (Å²) in [5.74, 6) is -0.558. The largest absolute Gasteiger partial charge is 0.480 e. The zero-order chi connectivity index (χ0) is 17.2. The van der Waals surface area contributed by atoms with Crippen molar-refractivity contribution in [1.29, 1.82) is 0 Å². The number of hydrogen-bond donors (Lipinski definition) is 2. The van der Waals surface area contributed by atoms with E-state index in [2.05, 4.69) is 31.7 Å². The molecular formula is C18H33NO3Y-2. The number of methoxy groups -OCH3 is 1. The monoisotopic (exact) mass is 400 g/mol. The maximum atomic E-state index is 11.1. The van der Waals surface area contributed by atoms with Gasteiger partial charge in [0, 0.05) is 39.8 Å². The van der Waals surface area contributed by atoms with Crippen molar-refractivity contribution in [3.05, 3.63) is 25.0 Å². The van der Waals surface area contributed by atoms with Gasteiger partial charge in [-0.05, 0) is 19.3 Å². The van der Waals surface area contributed by atoms with E-state index in [1.165, 1.54) is 0 Å². The molecule has 1 saturated heterocycles. The van der Waals surface area contributed by atoms with Gasteiger partial charge in [0.15, 0.2) is 0 Å². The Kier molecular flexibility index (Phi) is 15.0. The van der Waals surface area contributed by atoms with Gasteiger partial charge in [-0.25, -0.2) is 0 Å². The Hall–Kier alpha value is 0.234. The van der Waals surface area contributed by atoms with E-state index in [1.807, 2.05) is 33.3 Å². The van der Waals surface area contributed by atoms with Crippen molar-refractivity contribution in [3.63, 3.8) is 0 Å². The van der Waals surface area contributed by atoms with Crippen molar-refractivity contribution in [2.75, 3.05) is 7.11 Å². The van der Waals surface area contributed by atoms with Crippen molar-refractivity contribution < 1.29 is 47.3 Å². The number of nitrogens with one attached hydrogen (secondary N) is 1. The van der Waals surface area contributed by atoms with E-state index in [1.54, 1.807) is 7.11 Å². The summed E-state index contributed by atoms with van der Waals surface area (Å²) in [5, 5.41) is 12.3. The minimum atomic E-state index is -0.778. The number of allylic oxidation sites excluding steroid dienone is 1. The fourth-order valence-corrected chi connectivity index (χ4v) is 2.76. The molecule has 1 aliphatic heterocycles. The molecule has 1 fully saturated rings. The van der Waals surface area contributed by atoms with E-state index in [0.29, 0.717) is 6.42 Å². The van der Waals surface area contributed by atoms with E-state index in [4.69, 9.17) is 9.84 Å². The predicted molar refractivity (Wildman–Crippen MR) is 91.5 cm³/mol. The number of hydrogen-bond acceptors (Lipinski definition) is 3. The van der Waals surface area contributed by atoms with Crippen LogP contribution in [0.1, 0.15) is 53.9 Å². The minimum Gasteiger partial charge on any atom is -0.480 e. The molecule has 1 heterocycles.